The number of carbonyl (C=O) groups excluding carboxylic acids is 1. The Morgan fingerprint density at radius 3 is 2.82 bits per heavy atom. The molecule has 0 N–H and O–H groups in total. The molecule has 1 aromatic rings. The standard InChI is InChI=1S/C14H16O2S/c1-14(17-10-6-3-2-4-7-10)11-8-5-9-12(11)16-13(14)15/h2-4,6-7,11-12H,5,8-9H2,1H3/t11-,12+,14+/m1/s1. The molecule has 1 aliphatic carbocycles. The number of ether oxygens (including phenoxy) is 1. The molecule has 1 aromatic carbocycles. The van der Waals surface area contributed by atoms with Crippen molar-refractivity contribution in [1.29, 1.82) is 0 Å². The molecule has 90 valence electrons. The summed E-state index contributed by atoms with van der Waals surface area (Å²) in [6.45, 7) is 2.04. The lowest BCUT2D eigenvalue weighted by Crippen LogP contribution is -2.33. The van der Waals surface area contributed by atoms with Crippen molar-refractivity contribution in [2.24, 2.45) is 5.92 Å². The molecule has 1 saturated carbocycles. The van der Waals surface area contributed by atoms with E-state index in [1.165, 1.54) is 6.42 Å². The van der Waals surface area contributed by atoms with Crippen LogP contribution in [0.3, 0.4) is 0 Å². The zero-order valence-electron chi connectivity index (χ0n) is 9.89. The van der Waals surface area contributed by atoms with Crippen LogP contribution in [-0.4, -0.2) is 16.8 Å². The fourth-order valence-corrected chi connectivity index (χ4v) is 4.29. The van der Waals surface area contributed by atoms with Gasteiger partial charge in [0.05, 0.1) is 0 Å². The van der Waals surface area contributed by atoms with E-state index in [9.17, 15) is 4.79 Å². The second kappa shape index (κ2) is 4.05. The third-order valence-corrected chi connectivity index (χ3v) is 5.30. The van der Waals surface area contributed by atoms with Crippen LogP contribution in [-0.2, 0) is 9.53 Å². The molecule has 2 aliphatic rings. The first-order valence-corrected chi connectivity index (χ1v) is 6.97. The van der Waals surface area contributed by atoms with E-state index in [-0.39, 0.29) is 16.8 Å². The number of hydrogen-bond acceptors (Lipinski definition) is 3. The quantitative estimate of drug-likeness (QED) is 0.751. The Labute approximate surface area is 106 Å². The summed E-state index contributed by atoms with van der Waals surface area (Å²) in [7, 11) is 0. The minimum absolute atomic E-state index is 0.0268. The second-order valence-electron chi connectivity index (χ2n) is 5.00. The molecule has 3 atom stereocenters. The summed E-state index contributed by atoms with van der Waals surface area (Å²) in [5.74, 6) is 0.362. The summed E-state index contributed by atoms with van der Waals surface area (Å²) in [4.78, 5) is 13.2. The number of rotatable bonds is 2. The third-order valence-electron chi connectivity index (χ3n) is 3.90. The predicted octanol–water partition coefficient (Wildman–Crippen LogP) is 3.26. The average Bonchev–Trinajstić information content (AvgIpc) is 2.86. The first kappa shape index (κ1) is 11.1. The van der Waals surface area contributed by atoms with E-state index in [2.05, 4.69) is 12.1 Å². The first-order chi connectivity index (χ1) is 8.20. The van der Waals surface area contributed by atoms with E-state index in [0.717, 1.165) is 17.7 Å². The fraction of sp³-hybridized carbons (Fsp3) is 0.500. The van der Waals surface area contributed by atoms with Gasteiger partial charge in [0.1, 0.15) is 10.9 Å². The van der Waals surface area contributed by atoms with Gasteiger partial charge < -0.3 is 4.74 Å². The fourth-order valence-electron chi connectivity index (χ4n) is 2.95. The molecule has 0 unspecified atom stereocenters. The molecule has 2 fully saturated rings. The Balaban J connectivity index is 1.87. The number of hydrogen-bond donors (Lipinski definition) is 0. The zero-order chi connectivity index (χ0) is 11.9. The number of thioether (sulfide) groups is 1. The van der Waals surface area contributed by atoms with Crippen molar-refractivity contribution in [2.75, 3.05) is 0 Å². The maximum atomic E-state index is 12.1. The Hall–Kier alpha value is -0.960. The normalized spacial score (nSPS) is 35.7. The molecular formula is C14H16O2S. The SMILES string of the molecule is C[C@@]1(Sc2ccccc2)C(=O)O[C@H]2CCC[C@H]21. The van der Waals surface area contributed by atoms with Gasteiger partial charge in [0, 0.05) is 10.8 Å². The summed E-state index contributed by atoms with van der Waals surface area (Å²) in [6, 6.07) is 10.1. The van der Waals surface area contributed by atoms with Crippen LogP contribution >= 0.6 is 11.8 Å². The highest BCUT2D eigenvalue weighted by Crippen LogP contribution is 2.51. The van der Waals surface area contributed by atoms with Gasteiger partial charge in [0.2, 0.25) is 0 Å². The largest absolute Gasteiger partial charge is 0.461 e. The molecule has 3 rings (SSSR count). The van der Waals surface area contributed by atoms with E-state index in [1.54, 1.807) is 11.8 Å². The molecule has 0 spiro atoms. The van der Waals surface area contributed by atoms with Crippen LogP contribution in [0.1, 0.15) is 26.2 Å². The highest BCUT2D eigenvalue weighted by molar-refractivity contribution is 8.01. The molecule has 1 heterocycles. The van der Waals surface area contributed by atoms with Gasteiger partial charge in [-0.05, 0) is 38.3 Å². The summed E-state index contributed by atoms with van der Waals surface area (Å²) in [5.41, 5.74) is 0. The number of carbonyl (C=O) groups is 1. The average molecular weight is 248 g/mol. The van der Waals surface area contributed by atoms with Crippen molar-refractivity contribution in [3.63, 3.8) is 0 Å². The minimum atomic E-state index is -0.386. The number of benzene rings is 1. The van der Waals surface area contributed by atoms with Crippen LogP contribution < -0.4 is 0 Å². The highest BCUT2D eigenvalue weighted by Gasteiger charge is 2.56. The van der Waals surface area contributed by atoms with Crippen molar-refractivity contribution < 1.29 is 9.53 Å². The Kier molecular flexibility index (Phi) is 2.66. The van der Waals surface area contributed by atoms with E-state index >= 15 is 0 Å². The third kappa shape index (κ3) is 1.77. The van der Waals surface area contributed by atoms with Gasteiger partial charge in [-0.15, -0.1) is 11.8 Å². The van der Waals surface area contributed by atoms with Crippen molar-refractivity contribution in [1.82, 2.24) is 0 Å². The molecular weight excluding hydrogens is 232 g/mol. The molecule has 17 heavy (non-hydrogen) atoms. The Morgan fingerprint density at radius 2 is 2.06 bits per heavy atom. The summed E-state index contributed by atoms with van der Waals surface area (Å²) in [6.07, 6.45) is 3.52. The van der Waals surface area contributed by atoms with Gasteiger partial charge >= 0.3 is 5.97 Å². The van der Waals surface area contributed by atoms with Gasteiger partial charge in [-0.25, -0.2) is 0 Å². The molecule has 3 heteroatoms. The topological polar surface area (TPSA) is 26.3 Å². The summed E-state index contributed by atoms with van der Waals surface area (Å²) < 4.78 is 5.13. The summed E-state index contributed by atoms with van der Waals surface area (Å²) >= 11 is 1.66. The second-order valence-corrected chi connectivity index (χ2v) is 6.53. The maximum Gasteiger partial charge on any atom is 0.323 e. The molecule has 0 aromatic heterocycles. The molecule has 1 saturated heterocycles. The highest BCUT2D eigenvalue weighted by atomic mass is 32.2. The van der Waals surface area contributed by atoms with Crippen LogP contribution in [0.2, 0.25) is 0 Å². The van der Waals surface area contributed by atoms with Crippen LogP contribution in [0.15, 0.2) is 35.2 Å². The van der Waals surface area contributed by atoms with Crippen LogP contribution in [0.5, 0.6) is 0 Å². The Bertz CT molecular complexity index is 431. The van der Waals surface area contributed by atoms with Crippen LogP contribution in [0.4, 0.5) is 0 Å². The Morgan fingerprint density at radius 1 is 1.29 bits per heavy atom. The van der Waals surface area contributed by atoms with Gasteiger partial charge in [-0.3, -0.25) is 4.79 Å². The lowest BCUT2D eigenvalue weighted by atomic mass is 9.93. The monoisotopic (exact) mass is 248 g/mol. The van der Waals surface area contributed by atoms with Crippen molar-refractivity contribution in [3.8, 4) is 0 Å². The lowest BCUT2D eigenvalue weighted by Gasteiger charge is -2.24. The zero-order valence-corrected chi connectivity index (χ0v) is 10.7. The summed E-state index contributed by atoms with van der Waals surface area (Å²) in [5, 5.41) is 0. The van der Waals surface area contributed by atoms with Gasteiger partial charge in [-0.2, -0.15) is 0 Å². The number of fused-ring (bicyclic) bond motifs is 1. The maximum absolute atomic E-state index is 12.1. The van der Waals surface area contributed by atoms with E-state index in [1.807, 2.05) is 25.1 Å². The first-order valence-electron chi connectivity index (χ1n) is 6.15. The van der Waals surface area contributed by atoms with Gasteiger partial charge in [0.25, 0.3) is 0 Å². The van der Waals surface area contributed by atoms with Crippen molar-refractivity contribution in [3.05, 3.63) is 30.3 Å². The van der Waals surface area contributed by atoms with Crippen LogP contribution in [0, 0.1) is 5.92 Å². The van der Waals surface area contributed by atoms with Gasteiger partial charge in [-0.1, -0.05) is 18.2 Å². The molecule has 2 nitrogen and oxygen atoms in total. The predicted molar refractivity (Wildman–Crippen MR) is 67.9 cm³/mol. The number of esters is 1. The molecule has 1 aliphatic heterocycles. The van der Waals surface area contributed by atoms with E-state index in [4.69, 9.17) is 4.74 Å². The smallest absolute Gasteiger partial charge is 0.323 e. The molecule has 0 radical (unpaired) electrons. The van der Waals surface area contributed by atoms with Gasteiger partial charge in [0.15, 0.2) is 0 Å². The van der Waals surface area contributed by atoms with E-state index in [0.29, 0.717) is 5.92 Å². The molecule has 0 bridgehead atoms. The molecule has 0 amide bonds. The van der Waals surface area contributed by atoms with Crippen molar-refractivity contribution in [2.45, 2.75) is 41.9 Å². The minimum Gasteiger partial charge on any atom is -0.461 e. The van der Waals surface area contributed by atoms with Crippen LogP contribution in [0.25, 0.3) is 0 Å². The van der Waals surface area contributed by atoms with E-state index < -0.39 is 0 Å². The van der Waals surface area contributed by atoms with Crippen molar-refractivity contribution >= 4 is 17.7 Å². The lowest BCUT2D eigenvalue weighted by molar-refractivity contribution is -0.142.